The second kappa shape index (κ2) is 6.31. The first-order chi connectivity index (χ1) is 9.08. The van der Waals surface area contributed by atoms with Gasteiger partial charge in [0.1, 0.15) is 18.2 Å². The van der Waals surface area contributed by atoms with Crippen LogP contribution in [-0.4, -0.2) is 24.1 Å². The summed E-state index contributed by atoms with van der Waals surface area (Å²) in [7, 11) is 3.48. The van der Waals surface area contributed by atoms with Gasteiger partial charge in [-0.15, -0.1) is 11.3 Å². The largest absolute Gasteiger partial charge is 0.377 e. The average Bonchev–Trinajstić information content (AvgIpc) is 2.74. The number of aromatic nitrogens is 2. The van der Waals surface area contributed by atoms with E-state index in [1.807, 2.05) is 17.3 Å². The molecule has 2 heterocycles. The number of rotatable bonds is 5. The number of hydrogen-bond acceptors (Lipinski definition) is 5. The van der Waals surface area contributed by atoms with E-state index in [9.17, 15) is 4.79 Å². The molecule has 0 aliphatic heterocycles. The van der Waals surface area contributed by atoms with Crippen molar-refractivity contribution < 1.29 is 4.74 Å². The Morgan fingerprint density at radius 3 is 2.95 bits per heavy atom. The Kier molecular flexibility index (Phi) is 4.73. The van der Waals surface area contributed by atoms with Crippen LogP contribution in [0.1, 0.15) is 10.7 Å². The average molecular weight is 344 g/mol. The summed E-state index contributed by atoms with van der Waals surface area (Å²) in [5.74, 6) is 1.17. The summed E-state index contributed by atoms with van der Waals surface area (Å²) in [5, 5.41) is 2.03. The minimum Gasteiger partial charge on any atom is -0.377 e. The predicted molar refractivity (Wildman–Crippen MR) is 79.7 cm³/mol. The fraction of sp³-hybridized carbons (Fsp3) is 0.333. The Morgan fingerprint density at radius 1 is 1.53 bits per heavy atom. The molecule has 2 aromatic rings. The van der Waals surface area contributed by atoms with Crippen LogP contribution in [0.3, 0.4) is 0 Å². The molecule has 0 saturated carbocycles. The van der Waals surface area contributed by atoms with Gasteiger partial charge in [-0.25, -0.2) is 4.98 Å². The molecule has 5 nitrogen and oxygen atoms in total. The number of methoxy groups -OCH3 is 1. The molecule has 0 aliphatic carbocycles. The molecule has 0 fully saturated rings. The zero-order valence-corrected chi connectivity index (χ0v) is 13.0. The van der Waals surface area contributed by atoms with Crippen LogP contribution in [0.5, 0.6) is 0 Å². The maximum atomic E-state index is 11.6. The van der Waals surface area contributed by atoms with Gasteiger partial charge in [-0.3, -0.25) is 4.79 Å². The molecule has 2 rings (SSSR count). The highest BCUT2D eigenvalue weighted by Gasteiger charge is 2.08. The van der Waals surface area contributed by atoms with Gasteiger partial charge in [0.15, 0.2) is 0 Å². The van der Waals surface area contributed by atoms with Crippen LogP contribution in [-0.2, 0) is 17.9 Å². The maximum Gasteiger partial charge on any atom is 0.253 e. The monoisotopic (exact) mass is 343 g/mol. The van der Waals surface area contributed by atoms with Gasteiger partial charge in [0.2, 0.25) is 0 Å². The van der Waals surface area contributed by atoms with E-state index < -0.39 is 0 Å². The predicted octanol–water partition coefficient (Wildman–Crippen LogP) is 2.38. The third-order valence-corrected chi connectivity index (χ3v) is 4.15. The van der Waals surface area contributed by atoms with Crippen molar-refractivity contribution >= 4 is 33.1 Å². The lowest BCUT2D eigenvalue weighted by Crippen LogP contribution is -2.21. The van der Waals surface area contributed by atoms with Gasteiger partial charge >= 0.3 is 0 Å². The Hall–Kier alpha value is -1.18. The molecule has 19 heavy (non-hydrogen) atoms. The van der Waals surface area contributed by atoms with E-state index in [2.05, 4.69) is 32.0 Å². The molecule has 0 unspecified atom stereocenters. The van der Waals surface area contributed by atoms with E-state index in [1.54, 1.807) is 18.4 Å². The fourth-order valence-corrected chi connectivity index (χ4v) is 3.15. The molecule has 0 saturated heterocycles. The first kappa shape index (κ1) is 14.2. The smallest absolute Gasteiger partial charge is 0.253 e. The molecule has 2 aromatic heterocycles. The van der Waals surface area contributed by atoms with Crippen molar-refractivity contribution in [1.82, 2.24) is 9.97 Å². The van der Waals surface area contributed by atoms with E-state index in [0.717, 1.165) is 4.47 Å². The molecule has 1 N–H and O–H groups in total. The fourth-order valence-electron chi connectivity index (χ4n) is 1.65. The quantitative estimate of drug-likeness (QED) is 0.905. The SMILES string of the molecule is COCc1nc(N(C)Cc2cc(Br)cs2)cc(=O)[nH]1. The van der Waals surface area contributed by atoms with Crippen LogP contribution in [0, 0.1) is 0 Å². The molecule has 0 aromatic carbocycles. The number of anilines is 1. The Bertz CT molecular complexity index is 611. The normalized spacial score (nSPS) is 10.7. The van der Waals surface area contributed by atoms with Gasteiger partial charge in [-0.2, -0.15) is 0 Å². The molecule has 0 radical (unpaired) electrons. The highest BCUT2D eigenvalue weighted by molar-refractivity contribution is 9.10. The number of thiophene rings is 1. The van der Waals surface area contributed by atoms with Crippen LogP contribution in [0.4, 0.5) is 5.82 Å². The van der Waals surface area contributed by atoms with Gasteiger partial charge in [-0.1, -0.05) is 0 Å². The molecule has 0 bridgehead atoms. The number of nitrogens with zero attached hydrogens (tertiary/aromatic N) is 2. The summed E-state index contributed by atoms with van der Waals surface area (Å²) >= 11 is 5.09. The lowest BCUT2D eigenvalue weighted by atomic mass is 10.4. The van der Waals surface area contributed by atoms with Gasteiger partial charge in [0, 0.05) is 35.0 Å². The summed E-state index contributed by atoms with van der Waals surface area (Å²) in [6, 6.07) is 3.55. The Labute approximate surface area is 123 Å². The highest BCUT2D eigenvalue weighted by Crippen LogP contribution is 2.22. The van der Waals surface area contributed by atoms with Crippen LogP contribution in [0.25, 0.3) is 0 Å². The van der Waals surface area contributed by atoms with E-state index in [4.69, 9.17) is 4.74 Å². The van der Waals surface area contributed by atoms with E-state index in [0.29, 0.717) is 24.8 Å². The molecule has 0 amide bonds. The number of ether oxygens (including phenoxy) is 1. The zero-order valence-electron chi connectivity index (χ0n) is 10.6. The number of hydrogen-bond donors (Lipinski definition) is 1. The summed E-state index contributed by atoms with van der Waals surface area (Å²) in [5.41, 5.74) is -0.170. The Balaban J connectivity index is 2.18. The molecule has 0 spiro atoms. The highest BCUT2D eigenvalue weighted by atomic mass is 79.9. The first-order valence-electron chi connectivity index (χ1n) is 5.61. The van der Waals surface area contributed by atoms with E-state index in [-0.39, 0.29) is 5.56 Å². The van der Waals surface area contributed by atoms with Crippen molar-refractivity contribution in [3.8, 4) is 0 Å². The number of H-pyrrole nitrogens is 1. The lowest BCUT2D eigenvalue weighted by molar-refractivity contribution is 0.177. The van der Waals surface area contributed by atoms with Gasteiger partial charge in [0.25, 0.3) is 5.56 Å². The van der Waals surface area contributed by atoms with Gasteiger partial charge in [0.05, 0.1) is 6.54 Å². The number of halogens is 1. The van der Waals surface area contributed by atoms with Crippen molar-refractivity contribution in [2.45, 2.75) is 13.2 Å². The van der Waals surface area contributed by atoms with Crippen LogP contribution in [0.2, 0.25) is 0 Å². The van der Waals surface area contributed by atoms with Gasteiger partial charge < -0.3 is 14.6 Å². The number of aromatic amines is 1. The second-order valence-electron chi connectivity index (χ2n) is 4.07. The third-order valence-electron chi connectivity index (χ3n) is 2.46. The zero-order chi connectivity index (χ0) is 13.8. The van der Waals surface area contributed by atoms with Crippen molar-refractivity contribution in [3.63, 3.8) is 0 Å². The van der Waals surface area contributed by atoms with Crippen LogP contribution >= 0.6 is 27.3 Å². The summed E-state index contributed by atoms with van der Waals surface area (Å²) < 4.78 is 6.05. The van der Waals surface area contributed by atoms with Gasteiger partial charge in [-0.05, 0) is 22.0 Å². The molecular formula is C12H14BrN3O2S. The molecule has 102 valence electrons. The molecule has 0 aliphatic rings. The van der Waals surface area contributed by atoms with Crippen molar-refractivity contribution in [2.24, 2.45) is 0 Å². The van der Waals surface area contributed by atoms with E-state index in [1.165, 1.54) is 10.9 Å². The van der Waals surface area contributed by atoms with Crippen molar-refractivity contribution in [2.75, 3.05) is 19.1 Å². The van der Waals surface area contributed by atoms with Crippen LogP contribution < -0.4 is 10.5 Å². The summed E-state index contributed by atoms with van der Waals surface area (Å²) in [4.78, 5) is 21.7. The Morgan fingerprint density at radius 2 is 2.32 bits per heavy atom. The molecule has 0 atom stereocenters. The summed E-state index contributed by atoms with van der Waals surface area (Å²) in [6.07, 6.45) is 0. The van der Waals surface area contributed by atoms with Crippen molar-refractivity contribution in [3.05, 3.63) is 43.0 Å². The van der Waals surface area contributed by atoms with Crippen molar-refractivity contribution in [1.29, 1.82) is 0 Å². The number of nitrogens with one attached hydrogen (secondary N) is 1. The minimum atomic E-state index is -0.170. The molecular weight excluding hydrogens is 330 g/mol. The second-order valence-corrected chi connectivity index (χ2v) is 5.98. The maximum absolute atomic E-state index is 11.6. The first-order valence-corrected chi connectivity index (χ1v) is 7.29. The molecule has 7 heteroatoms. The third kappa shape index (κ3) is 3.89. The van der Waals surface area contributed by atoms with E-state index >= 15 is 0 Å². The standard InChI is InChI=1S/C12H14BrN3O2S/c1-16(5-9-3-8(13)7-19-9)11-4-12(17)15-10(14-11)6-18-2/h3-4,7H,5-6H2,1-2H3,(H,14,15,17). The van der Waals surface area contributed by atoms with Crippen LogP contribution in [0.15, 0.2) is 26.8 Å². The minimum absolute atomic E-state index is 0.170. The topological polar surface area (TPSA) is 58.2 Å². The summed E-state index contributed by atoms with van der Waals surface area (Å²) in [6.45, 7) is 1.00. The lowest BCUT2D eigenvalue weighted by Gasteiger charge is -2.17.